The molecule has 1 aromatic rings. The van der Waals surface area contributed by atoms with Crippen molar-refractivity contribution in [2.24, 2.45) is 0 Å². The number of carbonyl (C=O) groups is 3. The van der Waals surface area contributed by atoms with Crippen LogP contribution in [0.15, 0.2) is 30.3 Å². The number of esters is 1. The molecule has 1 atom stereocenters. The van der Waals surface area contributed by atoms with E-state index in [4.69, 9.17) is 4.74 Å². The fourth-order valence-corrected chi connectivity index (χ4v) is 2.29. The van der Waals surface area contributed by atoms with Gasteiger partial charge in [0.1, 0.15) is 5.60 Å². The normalized spacial score (nSPS) is 12.7. The number of amides is 2. The molecule has 0 bridgehead atoms. The summed E-state index contributed by atoms with van der Waals surface area (Å²) < 4.78 is 14.5. The van der Waals surface area contributed by atoms with Gasteiger partial charge in [0.05, 0.1) is 26.7 Å². The summed E-state index contributed by atoms with van der Waals surface area (Å²) in [7, 11) is 2.17. The van der Waals surface area contributed by atoms with E-state index in [0.29, 0.717) is 5.01 Å². The molecule has 0 saturated heterocycles. The van der Waals surface area contributed by atoms with Crippen LogP contribution < -0.4 is 5.43 Å². The highest BCUT2D eigenvalue weighted by molar-refractivity contribution is 5.78. The minimum absolute atomic E-state index is 0.278. The Balaban J connectivity index is 3.50. The molecular weight excluding hydrogens is 354 g/mol. The Morgan fingerprint density at radius 2 is 1.70 bits per heavy atom. The lowest BCUT2D eigenvalue weighted by Crippen LogP contribution is -2.58. The van der Waals surface area contributed by atoms with Crippen molar-refractivity contribution in [1.29, 1.82) is 5.26 Å². The smallest absolute Gasteiger partial charge is 0.430 e. The Kier molecular flexibility index (Phi) is 7.17. The minimum atomic E-state index is -1.93. The van der Waals surface area contributed by atoms with Crippen molar-refractivity contribution < 1.29 is 28.6 Å². The second-order valence-corrected chi connectivity index (χ2v) is 6.51. The first-order valence-corrected chi connectivity index (χ1v) is 8.01. The Labute approximate surface area is 157 Å². The van der Waals surface area contributed by atoms with Crippen molar-refractivity contribution >= 4 is 18.2 Å². The molecule has 0 aliphatic heterocycles. The van der Waals surface area contributed by atoms with Gasteiger partial charge in [-0.2, -0.15) is 10.3 Å². The van der Waals surface area contributed by atoms with Gasteiger partial charge in [-0.3, -0.25) is 4.79 Å². The van der Waals surface area contributed by atoms with Crippen LogP contribution in [0.25, 0.3) is 0 Å². The third kappa shape index (κ3) is 5.60. The van der Waals surface area contributed by atoms with E-state index in [-0.39, 0.29) is 5.56 Å². The molecule has 27 heavy (non-hydrogen) atoms. The van der Waals surface area contributed by atoms with Gasteiger partial charge < -0.3 is 14.2 Å². The molecule has 0 saturated carbocycles. The molecule has 9 heteroatoms. The molecule has 1 unspecified atom stereocenters. The summed E-state index contributed by atoms with van der Waals surface area (Å²) >= 11 is 0. The first-order valence-electron chi connectivity index (χ1n) is 8.01. The zero-order chi connectivity index (χ0) is 20.7. The lowest BCUT2D eigenvalue weighted by molar-refractivity contribution is -0.157. The number of rotatable bonds is 4. The zero-order valence-electron chi connectivity index (χ0n) is 15.9. The molecule has 0 spiro atoms. The van der Waals surface area contributed by atoms with Crippen LogP contribution >= 0.6 is 0 Å². The molecule has 0 fully saturated rings. The highest BCUT2D eigenvalue weighted by Crippen LogP contribution is 2.32. The average Bonchev–Trinajstić information content (AvgIpc) is 2.62. The quantitative estimate of drug-likeness (QED) is 0.486. The second kappa shape index (κ2) is 8.89. The van der Waals surface area contributed by atoms with Crippen molar-refractivity contribution in [1.82, 2.24) is 10.4 Å². The van der Waals surface area contributed by atoms with Gasteiger partial charge in [-0.25, -0.2) is 15.0 Å². The molecule has 1 aromatic carbocycles. The van der Waals surface area contributed by atoms with Crippen molar-refractivity contribution in [3.05, 3.63) is 35.9 Å². The molecular formula is C18H23N3O6. The lowest BCUT2D eigenvalue weighted by Gasteiger charge is -2.37. The number of nitrogens with one attached hydrogen (secondary N) is 1. The predicted molar refractivity (Wildman–Crippen MR) is 94.0 cm³/mol. The maximum absolute atomic E-state index is 12.5. The van der Waals surface area contributed by atoms with Gasteiger partial charge in [0.15, 0.2) is 5.54 Å². The van der Waals surface area contributed by atoms with Crippen LogP contribution in [-0.4, -0.2) is 43.0 Å². The Hall–Kier alpha value is -3.28. The maximum Gasteiger partial charge on any atom is 0.430 e. The van der Waals surface area contributed by atoms with Crippen molar-refractivity contribution in [2.45, 2.75) is 38.3 Å². The van der Waals surface area contributed by atoms with Gasteiger partial charge in [0.2, 0.25) is 0 Å². The summed E-state index contributed by atoms with van der Waals surface area (Å²) in [5, 5.41) is 10.6. The van der Waals surface area contributed by atoms with Crippen LogP contribution in [0.1, 0.15) is 32.8 Å². The number of methoxy groups -OCH3 is 2. The first-order chi connectivity index (χ1) is 12.6. The minimum Gasteiger partial charge on any atom is -0.460 e. The molecule has 0 heterocycles. The molecule has 146 valence electrons. The van der Waals surface area contributed by atoms with Crippen molar-refractivity contribution in [3.8, 4) is 6.07 Å². The first kappa shape index (κ1) is 21.8. The number of nitriles is 1. The molecule has 0 aliphatic rings. The summed E-state index contributed by atoms with van der Waals surface area (Å²) in [4.78, 5) is 36.6. The largest absolute Gasteiger partial charge is 0.460 e. The van der Waals surface area contributed by atoms with Crippen LogP contribution in [-0.2, 0) is 24.5 Å². The van der Waals surface area contributed by atoms with Gasteiger partial charge >= 0.3 is 18.2 Å². The van der Waals surface area contributed by atoms with Crippen LogP contribution in [0.2, 0.25) is 0 Å². The molecule has 0 radical (unpaired) electrons. The molecule has 1 rings (SSSR count). The molecule has 1 N–H and O–H groups in total. The molecule has 9 nitrogen and oxygen atoms in total. The highest BCUT2D eigenvalue weighted by atomic mass is 16.6. The lowest BCUT2D eigenvalue weighted by atomic mass is 9.87. The van der Waals surface area contributed by atoms with E-state index in [0.717, 1.165) is 14.2 Å². The summed E-state index contributed by atoms with van der Waals surface area (Å²) in [5.74, 6) is -0.742. The van der Waals surface area contributed by atoms with Crippen LogP contribution in [0.4, 0.5) is 9.59 Å². The average molecular weight is 377 g/mol. The number of benzene rings is 1. The van der Waals surface area contributed by atoms with E-state index in [1.807, 2.05) is 6.07 Å². The SMILES string of the molecule is COC(=O)NN(C(=O)OC)C(C#N)(CC(=O)OC(C)(C)C)c1ccccc1. The van der Waals surface area contributed by atoms with Crippen LogP contribution in [0.5, 0.6) is 0 Å². The molecule has 0 aromatic heterocycles. The fraction of sp³-hybridized carbons (Fsp3) is 0.444. The standard InChI is InChI=1S/C18H23N3O6/c1-17(2,3)27-14(22)11-18(12-19,13-9-7-6-8-10-13)21(16(24)26-5)20-15(23)25-4/h6-10H,11H2,1-5H3,(H,20,23). The van der Waals surface area contributed by atoms with Gasteiger partial charge in [0.25, 0.3) is 0 Å². The van der Waals surface area contributed by atoms with Crippen molar-refractivity contribution in [3.63, 3.8) is 0 Å². The zero-order valence-corrected chi connectivity index (χ0v) is 15.9. The number of carbonyl (C=O) groups excluding carboxylic acids is 3. The topological polar surface area (TPSA) is 118 Å². The Morgan fingerprint density at radius 3 is 2.15 bits per heavy atom. The predicted octanol–water partition coefficient (Wildman–Crippen LogP) is 2.48. The van der Waals surface area contributed by atoms with E-state index in [9.17, 15) is 19.6 Å². The third-order valence-corrected chi connectivity index (χ3v) is 3.38. The highest BCUT2D eigenvalue weighted by Gasteiger charge is 2.47. The van der Waals surface area contributed by atoms with Crippen LogP contribution in [0, 0.1) is 11.3 Å². The van der Waals surface area contributed by atoms with Gasteiger partial charge in [-0.15, -0.1) is 0 Å². The molecule has 2 amide bonds. The summed E-state index contributed by atoms with van der Waals surface area (Å²) in [6, 6.07) is 10.00. The fourth-order valence-electron chi connectivity index (χ4n) is 2.29. The van der Waals surface area contributed by atoms with Gasteiger partial charge in [-0.1, -0.05) is 30.3 Å². The third-order valence-electron chi connectivity index (χ3n) is 3.38. The number of hydrogen-bond acceptors (Lipinski definition) is 7. The maximum atomic E-state index is 12.5. The van der Waals surface area contributed by atoms with E-state index in [1.54, 1.807) is 51.1 Å². The van der Waals surface area contributed by atoms with E-state index in [2.05, 4.69) is 14.9 Å². The summed E-state index contributed by atoms with van der Waals surface area (Å²) in [6.45, 7) is 5.02. The summed E-state index contributed by atoms with van der Waals surface area (Å²) in [5.41, 5.74) is -0.309. The Bertz CT molecular complexity index is 723. The number of hydrazine groups is 1. The van der Waals surface area contributed by atoms with Gasteiger partial charge in [0, 0.05) is 0 Å². The van der Waals surface area contributed by atoms with Crippen molar-refractivity contribution in [2.75, 3.05) is 14.2 Å². The van der Waals surface area contributed by atoms with E-state index < -0.39 is 35.7 Å². The van der Waals surface area contributed by atoms with E-state index >= 15 is 0 Å². The van der Waals surface area contributed by atoms with E-state index in [1.165, 1.54) is 0 Å². The molecule has 0 aliphatic carbocycles. The summed E-state index contributed by atoms with van der Waals surface area (Å²) in [6.07, 6.45) is -2.63. The number of ether oxygens (including phenoxy) is 3. The monoisotopic (exact) mass is 377 g/mol. The van der Waals surface area contributed by atoms with Crippen LogP contribution in [0.3, 0.4) is 0 Å². The number of nitrogens with zero attached hydrogens (tertiary/aromatic N) is 2. The second-order valence-electron chi connectivity index (χ2n) is 6.51. The Morgan fingerprint density at radius 1 is 1.11 bits per heavy atom. The van der Waals surface area contributed by atoms with Gasteiger partial charge in [-0.05, 0) is 26.3 Å². The number of hydrogen-bond donors (Lipinski definition) is 1.